The molecular formula is C18H23ClN4. The van der Waals surface area contributed by atoms with Crippen LogP contribution in [0.15, 0.2) is 24.3 Å². The lowest BCUT2D eigenvalue weighted by molar-refractivity contribution is 0.412. The van der Waals surface area contributed by atoms with E-state index in [0.29, 0.717) is 10.9 Å². The van der Waals surface area contributed by atoms with E-state index in [4.69, 9.17) is 22.3 Å². The maximum absolute atomic E-state index is 6.11. The van der Waals surface area contributed by atoms with E-state index in [2.05, 4.69) is 16.8 Å². The number of piperidine rings is 1. The van der Waals surface area contributed by atoms with Crippen molar-refractivity contribution < 1.29 is 0 Å². The summed E-state index contributed by atoms with van der Waals surface area (Å²) in [7, 11) is 0. The number of hydrogen-bond acceptors (Lipinski definition) is 4. The van der Waals surface area contributed by atoms with Gasteiger partial charge in [0.25, 0.3) is 0 Å². The maximum atomic E-state index is 6.11. The first kappa shape index (κ1) is 16.2. The van der Waals surface area contributed by atoms with Crippen molar-refractivity contribution in [3.05, 3.63) is 40.5 Å². The Morgan fingerprint density at radius 1 is 1.22 bits per heavy atom. The zero-order valence-corrected chi connectivity index (χ0v) is 14.5. The standard InChI is InChI=1S/C18H23ClN4/c1-12-13(2)21-17(15-4-3-5-16(19)10-15)22-18(12)23-8-6-14(11-20)7-9-23/h3-5,10,14H,6-9,11,20H2,1-2H3. The molecule has 1 aliphatic heterocycles. The molecule has 122 valence electrons. The fourth-order valence-electron chi connectivity index (χ4n) is 3.06. The molecule has 2 aromatic rings. The molecule has 0 atom stereocenters. The molecule has 1 fully saturated rings. The van der Waals surface area contributed by atoms with E-state index in [0.717, 1.165) is 60.9 Å². The maximum Gasteiger partial charge on any atom is 0.161 e. The van der Waals surface area contributed by atoms with Crippen LogP contribution in [0.4, 0.5) is 5.82 Å². The smallest absolute Gasteiger partial charge is 0.161 e. The van der Waals surface area contributed by atoms with Crippen LogP contribution in [0.2, 0.25) is 5.02 Å². The molecule has 0 radical (unpaired) electrons. The number of hydrogen-bond donors (Lipinski definition) is 1. The summed E-state index contributed by atoms with van der Waals surface area (Å²) in [6, 6.07) is 7.71. The van der Waals surface area contributed by atoms with Gasteiger partial charge < -0.3 is 10.6 Å². The van der Waals surface area contributed by atoms with Crippen molar-refractivity contribution in [3.8, 4) is 11.4 Å². The van der Waals surface area contributed by atoms with Crippen molar-refractivity contribution in [1.29, 1.82) is 0 Å². The quantitative estimate of drug-likeness (QED) is 0.934. The highest BCUT2D eigenvalue weighted by molar-refractivity contribution is 6.30. The lowest BCUT2D eigenvalue weighted by Crippen LogP contribution is -2.37. The molecule has 1 aliphatic rings. The minimum absolute atomic E-state index is 0.641. The summed E-state index contributed by atoms with van der Waals surface area (Å²) < 4.78 is 0. The molecule has 0 saturated carbocycles. The summed E-state index contributed by atoms with van der Waals surface area (Å²) in [6.07, 6.45) is 2.26. The van der Waals surface area contributed by atoms with Crippen LogP contribution < -0.4 is 10.6 Å². The number of nitrogens with zero attached hydrogens (tertiary/aromatic N) is 3. The summed E-state index contributed by atoms with van der Waals surface area (Å²) in [5.74, 6) is 2.43. The van der Waals surface area contributed by atoms with Gasteiger partial charge >= 0.3 is 0 Å². The zero-order valence-electron chi connectivity index (χ0n) is 13.7. The topological polar surface area (TPSA) is 55.0 Å². The van der Waals surface area contributed by atoms with Crippen LogP contribution >= 0.6 is 11.6 Å². The van der Waals surface area contributed by atoms with E-state index in [9.17, 15) is 0 Å². The Hall–Kier alpha value is -1.65. The van der Waals surface area contributed by atoms with Crippen LogP contribution in [0.3, 0.4) is 0 Å². The van der Waals surface area contributed by atoms with Crippen LogP contribution in [-0.2, 0) is 0 Å². The number of aryl methyl sites for hydroxylation is 1. The Balaban J connectivity index is 1.94. The molecule has 4 nitrogen and oxygen atoms in total. The SMILES string of the molecule is Cc1nc(-c2cccc(Cl)c2)nc(N2CCC(CN)CC2)c1C. The molecule has 0 spiro atoms. The molecule has 1 aromatic heterocycles. The van der Waals surface area contributed by atoms with Crippen molar-refractivity contribution in [2.45, 2.75) is 26.7 Å². The monoisotopic (exact) mass is 330 g/mol. The normalized spacial score (nSPS) is 15.9. The third-order valence-electron chi connectivity index (χ3n) is 4.69. The molecule has 1 saturated heterocycles. The first-order chi connectivity index (χ1) is 11.1. The summed E-state index contributed by atoms with van der Waals surface area (Å²) in [5, 5.41) is 0.703. The molecule has 2 heterocycles. The Morgan fingerprint density at radius 3 is 2.61 bits per heavy atom. The van der Waals surface area contributed by atoms with Crippen molar-refractivity contribution in [1.82, 2.24) is 9.97 Å². The predicted octanol–water partition coefficient (Wildman–Crippen LogP) is 3.59. The van der Waals surface area contributed by atoms with Gasteiger partial charge in [-0.25, -0.2) is 9.97 Å². The summed E-state index contributed by atoms with van der Waals surface area (Å²) >= 11 is 6.11. The predicted molar refractivity (Wildman–Crippen MR) is 95.9 cm³/mol. The number of nitrogens with two attached hydrogens (primary N) is 1. The van der Waals surface area contributed by atoms with Gasteiger partial charge in [-0.3, -0.25) is 0 Å². The number of aromatic nitrogens is 2. The fraction of sp³-hybridized carbons (Fsp3) is 0.444. The van der Waals surface area contributed by atoms with Gasteiger partial charge in [-0.2, -0.15) is 0 Å². The summed E-state index contributed by atoms with van der Waals surface area (Å²) in [6.45, 7) is 6.94. The highest BCUT2D eigenvalue weighted by Crippen LogP contribution is 2.28. The molecule has 3 rings (SSSR count). The van der Waals surface area contributed by atoms with Gasteiger partial charge in [0.1, 0.15) is 5.82 Å². The van der Waals surface area contributed by atoms with Gasteiger partial charge in [-0.05, 0) is 51.3 Å². The lowest BCUT2D eigenvalue weighted by atomic mass is 9.97. The minimum atomic E-state index is 0.641. The van der Waals surface area contributed by atoms with E-state index in [-0.39, 0.29) is 0 Å². The van der Waals surface area contributed by atoms with E-state index in [1.165, 1.54) is 0 Å². The van der Waals surface area contributed by atoms with Crippen LogP contribution in [0, 0.1) is 19.8 Å². The van der Waals surface area contributed by atoms with E-state index < -0.39 is 0 Å². The summed E-state index contributed by atoms with van der Waals surface area (Å²) in [5.41, 5.74) is 8.93. The average molecular weight is 331 g/mol. The first-order valence-electron chi connectivity index (χ1n) is 8.14. The lowest BCUT2D eigenvalue weighted by Gasteiger charge is -2.33. The van der Waals surface area contributed by atoms with Crippen molar-refractivity contribution in [3.63, 3.8) is 0 Å². The highest BCUT2D eigenvalue weighted by Gasteiger charge is 2.22. The van der Waals surface area contributed by atoms with Crippen LogP contribution in [-0.4, -0.2) is 29.6 Å². The largest absolute Gasteiger partial charge is 0.356 e. The van der Waals surface area contributed by atoms with Crippen molar-refractivity contribution in [2.24, 2.45) is 11.7 Å². The summed E-state index contributed by atoms with van der Waals surface area (Å²) in [4.78, 5) is 11.9. The van der Waals surface area contributed by atoms with E-state index >= 15 is 0 Å². The van der Waals surface area contributed by atoms with Crippen molar-refractivity contribution >= 4 is 17.4 Å². The number of benzene rings is 1. The fourth-order valence-corrected chi connectivity index (χ4v) is 3.25. The van der Waals surface area contributed by atoms with E-state index in [1.54, 1.807) is 0 Å². The number of anilines is 1. The Labute approximate surface area is 142 Å². The van der Waals surface area contributed by atoms with Gasteiger partial charge in [0.15, 0.2) is 5.82 Å². The second-order valence-corrected chi connectivity index (χ2v) is 6.69. The molecule has 23 heavy (non-hydrogen) atoms. The highest BCUT2D eigenvalue weighted by atomic mass is 35.5. The Morgan fingerprint density at radius 2 is 1.96 bits per heavy atom. The molecule has 0 bridgehead atoms. The molecule has 1 aromatic carbocycles. The Kier molecular flexibility index (Phi) is 4.83. The molecule has 0 aliphatic carbocycles. The molecule has 5 heteroatoms. The first-order valence-corrected chi connectivity index (χ1v) is 8.52. The minimum Gasteiger partial charge on any atom is -0.356 e. The molecule has 2 N–H and O–H groups in total. The third-order valence-corrected chi connectivity index (χ3v) is 4.93. The van der Waals surface area contributed by atoms with Gasteiger partial charge in [0.05, 0.1) is 0 Å². The molecular weight excluding hydrogens is 308 g/mol. The van der Waals surface area contributed by atoms with Gasteiger partial charge in [-0.1, -0.05) is 23.7 Å². The van der Waals surface area contributed by atoms with Crippen LogP contribution in [0.25, 0.3) is 11.4 Å². The molecule has 0 amide bonds. The zero-order chi connectivity index (χ0) is 16.4. The number of rotatable bonds is 3. The van der Waals surface area contributed by atoms with E-state index in [1.807, 2.05) is 31.2 Å². The molecule has 0 unspecified atom stereocenters. The van der Waals surface area contributed by atoms with Crippen LogP contribution in [0.5, 0.6) is 0 Å². The van der Waals surface area contributed by atoms with Crippen LogP contribution in [0.1, 0.15) is 24.1 Å². The second kappa shape index (κ2) is 6.85. The van der Waals surface area contributed by atoms with Crippen molar-refractivity contribution in [2.75, 3.05) is 24.5 Å². The third kappa shape index (κ3) is 3.48. The average Bonchev–Trinajstić information content (AvgIpc) is 2.57. The number of halogens is 1. The van der Waals surface area contributed by atoms with Gasteiger partial charge in [0.2, 0.25) is 0 Å². The Bertz CT molecular complexity index is 693. The van der Waals surface area contributed by atoms with Gasteiger partial charge in [0, 0.05) is 34.9 Å². The van der Waals surface area contributed by atoms with Gasteiger partial charge in [-0.15, -0.1) is 0 Å². The second-order valence-electron chi connectivity index (χ2n) is 6.26.